The van der Waals surface area contributed by atoms with Crippen molar-refractivity contribution in [1.82, 2.24) is 0 Å². The van der Waals surface area contributed by atoms with E-state index < -0.39 is 11.9 Å². The number of aliphatic carboxylic acids is 2. The van der Waals surface area contributed by atoms with E-state index in [-0.39, 0.29) is 0 Å². The van der Waals surface area contributed by atoms with Crippen LogP contribution in [0.2, 0.25) is 0 Å². The van der Waals surface area contributed by atoms with Crippen LogP contribution in [-0.4, -0.2) is 38.8 Å². The highest BCUT2D eigenvalue weighted by atomic mass is 16.4. The first-order chi connectivity index (χ1) is 6.55. The van der Waals surface area contributed by atoms with E-state index in [4.69, 9.17) is 8.59 Å². The molecule has 0 radical (unpaired) electrons. The number of hydrogen-bond donors (Lipinski definition) is 2. The van der Waals surface area contributed by atoms with Gasteiger partial charge in [0.1, 0.15) is 0 Å². The van der Waals surface area contributed by atoms with Crippen LogP contribution in [0.3, 0.4) is 0 Å². The zero-order chi connectivity index (χ0) is 12.0. The highest BCUT2D eigenvalue weighted by Crippen LogP contribution is 1.56. The summed E-state index contributed by atoms with van der Waals surface area (Å²) in [6, 6.07) is 0. The van der Waals surface area contributed by atoms with Gasteiger partial charge in [0.25, 0.3) is 2.86 Å². The van der Waals surface area contributed by atoms with Gasteiger partial charge in [-0.2, -0.15) is 0 Å². The fourth-order valence-corrected chi connectivity index (χ4v) is 0. The average Bonchev–Trinajstić information content (AvgIpc) is 2.18. The number of hydrogen-bond acceptors (Lipinski definition) is 4. The Hall–Kier alpha value is -1.14. The summed E-state index contributed by atoms with van der Waals surface area (Å²) in [5.74, 6) is -3.00. The second-order valence-corrected chi connectivity index (χ2v) is 0.575. The van der Waals surface area contributed by atoms with Gasteiger partial charge in [-0.1, -0.05) is 0 Å². The molecule has 50 valence electrons. The molecule has 0 heterocycles. The molecule has 0 fully saturated rings. The maximum Gasteiger partial charge on any atom is 0.414 e. The summed E-state index contributed by atoms with van der Waals surface area (Å²) in [7, 11) is 0. The van der Waals surface area contributed by atoms with Crippen molar-refractivity contribution in [3.05, 3.63) is 0 Å². The Morgan fingerprint density at radius 2 is 1.62 bits per heavy atom. The van der Waals surface area contributed by atoms with Crippen molar-refractivity contribution in [2.75, 3.05) is 0 Å². The molecular weight excluding hydrogens is 120 g/mol. The maximum absolute atomic E-state index is 9.74. The Labute approximate surface area is 52.9 Å². The summed E-state index contributed by atoms with van der Waals surface area (Å²) in [5.41, 5.74) is 5.50. The fourth-order valence-electron chi connectivity index (χ4n) is 0. The van der Waals surface area contributed by atoms with Crippen molar-refractivity contribution in [1.29, 1.82) is 8.59 Å². The molecular formula is C2H6O6. The first kappa shape index (κ1) is 2.42. The standard InChI is InChI=1S/C2H2O4.2H2O/c3-1(4)2(5)6;;/h(H,3,4)(H,5,6);2*1H2/i/hD6. The molecule has 6 nitrogen and oxygen atoms in total. The van der Waals surface area contributed by atoms with Crippen LogP contribution >= 0.6 is 0 Å². The van der Waals surface area contributed by atoms with E-state index in [1.165, 1.54) is 0 Å². The highest BCUT2D eigenvalue weighted by molar-refractivity contribution is 6.27. The molecule has 0 unspecified atom stereocenters. The topological polar surface area (TPSA) is 138 Å². The molecule has 0 aromatic rings. The third kappa shape index (κ3) is 8.85. The molecule has 0 aliphatic carbocycles. The van der Waals surface area contributed by atoms with Crippen LogP contribution in [0.5, 0.6) is 0 Å². The molecule has 6 heteroatoms. The minimum atomic E-state index is -1.50. The summed E-state index contributed by atoms with van der Waals surface area (Å²) in [4.78, 5) is 19.5. The Balaban J connectivity index is -0.000000168. The predicted octanol–water partition coefficient (Wildman–Crippen LogP) is -2.49. The number of carboxylic acids is 2. The first-order valence-electron chi connectivity index (χ1n) is 3.52. The van der Waals surface area contributed by atoms with Crippen LogP contribution in [0.1, 0.15) is 0 Å². The lowest BCUT2D eigenvalue weighted by atomic mass is 10.7. The number of carboxylic acid groups (broad SMARTS) is 2. The molecule has 0 spiro atoms. The Kier molecular flexibility index (Phi) is 1.77. The molecule has 0 atom stereocenters. The van der Waals surface area contributed by atoms with Crippen LogP contribution in [0.15, 0.2) is 0 Å². The van der Waals surface area contributed by atoms with Crippen molar-refractivity contribution in [2.45, 2.75) is 0 Å². The third-order valence-electron chi connectivity index (χ3n) is 0.167. The summed E-state index contributed by atoms with van der Waals surface area (Å²) in [6.07, 6.45) is 0. The minimum Gasteiger partial charge on any atom is -0.473 e. The fraction of sp³-hybridized carbons (Fsp3) is 0. The second-order valence-electron chi connectivity index (χ2n) is 0.575. The van der Waals surface area contributed by atoms with E-state index in [0.717, 1.165) is 0 Å². The van der Waals surface area contributed by atoms with Gasteiger partial charge in [-0.15, -0.1) is 0 Å². The van der Waals surface area contributed by atoms with Gasteiger partial charge in [-0.3, -0.25) is 0 Å². The maximum atomic E-state index is 9.74. The zero-order valence-electron chi connectivity index (χ0n) is 9.45. The van der Waals surface area contributed by atoms with Gasteiger partial charge < -0.3 is 21.2 Å². The van der Waals surface area contributed by atoms with Gasteiger partial charge in [0.15, 0.2) is 0 Å². The SMILES string of the molecule is [2H]OC(=O)C(=O)O[2H].[2H]O[2H].[2H]O[2H]. The van der Waals surface area contributed by atoms with E-state index in [1.54, 1.807) is 0 Å². The largest absolute Gasteiger partial charge is 0.473 e. The smallest absolute Gasteiger partial charge is 0.414 e. The monoisotopic (exact) mass is 132 g/mol. The third-order valence-corrected chi connectivity index (χ3v) is 0.167. The quantitative estimate of drug-likeness (QED) is 0.352. The van der Waals surface area contributed by atoms with E-state index in [0.29, 0.717) is 0 Å². The van der Waals surface area contributed by atoms with Crippen molar-refractivity contribution >= 4 is 11.9 Å². The number of rotatable bonds is 0. The van der Waals surface area contributed by atoms with E-state index >= 15 is 0 Å². The molecule has 8 heavy (non-hydrogen) atoms. The predicted molar refractivity (Wildman–Crippen MR) is 22.5 cm³/mol. The molecule has 0 aromatic heterocycles. The zero-order valence-corrected chi connectivity index (χ0v) is 3.45. The molecule has 0 bridgehead atoms. The molecule has 6 N–H and O–H groups in total. The Morgan fingerprint density at radius 1 is 1.38 bits per heavy atom. The molecule has 0 saturated heterocycles. The summed E-state index contributed by atoms with van der Waals surface area (Å²) >= 11 is 0. The van der Waals surface area contributed by atoms with Crippen LogP contribution < -0.4 is 0 Å². The normalized spacial score (nSPS) is 13.0. The van der Waals surface area contributed by atoms with E-state index in [1.807, 2.05) is 0 Å². The summed E-state index contributed by atoms with van der Waals surface area (Å²) < 4.78 is 33.1. The van der Waals surface area contributed by atoms with Crippen LogP contribution in [0.4, 0.5) is 0 Å². The van der Waals surface area contributed by atoms with Gasteiger partial charge in [0.2, 0.25) is 5.72 Å². The summed E-state index contributed by atoms with van der Waals surface area (Å²) in [5, 5.41) is 6.24. The van der Waals surface area contributed by atoms with E-state index in [9.17, 15) is 9.59 Å². The minimum absolute atomic E-state index is 1.50. The van der Waals surface area contributed by atoms with Crippen molar-refractivity contribution in [3.8, 4) is 0 Å². The molecule has 0 amide bonds. The lowest BCUT2D eigenvalue weighted by Crippen LogP contribution is -2.09. The molecule has 0 aromatic carbocycles. The van der Waals surface area contributed by atoms with Crippen molar-refractivity contribution in [3.63, 3.8) is 0 Å². The van der Waals surface area contributed by atoms with Crippen molar-refractivity contribution < 1.29 is 30.8 Å². The lowest BCUT2D eigenvalue weighted by molar-refractivity contribution is -0.159. The van der Waals surface area contributed by atoms with Crippen molar-refractivity contribution in [2.24, 2.45) is 0 Å². The average molecular weight is 132 g/mol. The lowest BCUT2D eigenvalue weighted by Gasteiger charge is -1.72. The molecule has 0 aliphatic heterocycles. The second kappa shape index (κ2) is 5.86. The first-order valence-corrected chi connectivity index (χ1v) is 1.07. The Morgan fingerprint density at radius 3 is 1.75 bits per heavy atom. The summed E-state index contributed by atoms with van der Waals surface area (Å²) in [6.45, 7) is 0. The van der Waals surface area contributed by atoms with E-state index in [2.05, 4.69) is 21.2 Å². The highest BCUT2D eigenvalue weighted by Gasteiger charge is 2.04. The van der Waals surface area contributed by atoms with Gasteiger partial charge >= 0.3 is 11.9 Å². The van der Waals surface area contributed by atoms with Gasteiger partial charge in [-0.05, 0) is 0 Å². The van der Waals surface area contributed by atoms with Crippen LogP contribution in [0, 0.1) is 0 Å². The van der Waals surface area contributed by atoms with Crippen LogP contribution in [0.25, 0.3) is 2.86 Å². The molecule has 0 saturated carbocycles. The Bertz CT molecular complexity index is 124. The van der Waals surface area contributed by atoms with Gasteiger partial charge in [-0.25, -0.2) is 9.59 Å². The van der Waals surface area contributed by atoms with Crippen LogP contribution in [-0.2, 0) is 9.59 Å². The van der Waals surface area contributed by atoms with Gasteiger partial charge in [0, 0.05) is 0 Å². The molecule has 0 aliphatic rings. The van der Waals surface area contributed by atoms with Gasteiger partial charge in [0.05, 0.1) is 0 Å². The molecule has 0 rings (SSSR count). The number of carbonyl (C=O) groups is 2.